The van der Waals surface area contributed by atoms with Gasteiger partial charge < -0.3 is 14.8 Å². The van der Waals surface area contributed by atoms with E-state index in [1.54, 1.807) is 24.3 Å². The number of aryl methyl sites for hydroxylation is 1. The molecule has 1 aromatic carbocycles. The first-order valence-corrected chi connectivity index (χ1v) is 6.65. The lowest BCUT2D eigenvalue weighted by Gasteiger charge is -2.07. The van der Waals surface area contributed by atoms with Gasteiger partial charge in [0.1, 0.15) is 11.4 Å². The van der Waals surface area contributed by atoms with Crippen molar-refractivity contribution in [1.29, 1.82) is 0 Å². The van der Waals surface area contributed by atoms with E-state index in [9.17, 15) is 14.4 Å². The molecule has 0 bridgehead atoms. The molecule has 23 heavy (non-hydrogen) atoms. The summed E-state index contributed by atoms with van der Waals surface area (Å²) in [7, 11) is 2.74. The van der Waals surface area contributed by atoms with Crippen LogP contribution in [0.25, 0.3) is 0 Å². The highest BCUT2D eigenvalue weighted by atomic mass is 16.6. The predicted molar refractivity (Wildman–Crippen MR) is 81.4 cm³/mol. The molecule has 0 aliphatic rings. The zero-order chi connectivity index (χ0) is 16.8. The molecule has 0 atom stereocenters. The Balaban J connectivity index is 1.99. The molecule has 120 valence electrons. The van der Waals surface area contributed by atoms with Crippen LogP contribution in [-0.4, -0.2) is 35.4 Å². The second kappa shape index (κ2) is 7.21. The van der Waals surface area contributed by atoms with Gasteiger partial charge in [0.15, 0.2) is 6.61 Å². The van der Waals surface area contributed by atoms with Crippen LogP contribution in [0.3, 0.4) is 0 Å². The average Bonchev–Trinajstić information content (AvgIpc) is 2.56. The molecule has 2 aromatic rings. The molecule has 0 fully saturated rings. The van der Waals surface area contributed by atoms with E-state index in [1.807, 2.05) is 0 Å². The monoisotopic (exact) mass is 317 g/mol. The molecule has 8 nitrogen and oxygen atoms in total. The molecule has 0 radical (unpaired) electrons. The molecule has 0 saturated heterocycles. The van der Waals surface area contributed by atoms with E-state index < -0.39 is 11.9 Å². The summed E-state index contributed by atoms with van der Waals surface area (Å²) in [6, 6.07) is 9.07. The summed E-state index contributed by atoms with van der Waals surface area (Å²) < 4.78 is 10.7. The number of methoxy groups -OCH3 is 1. The van der Waals surface area contributed by atoms with Gasteiger partial charge >= 0.3 is 5.97 Å². The Morgan fingerprint density at radius 3 is 2.48 bits per heavy atom. The van der Waals surface area contributed by atoms with Crippen molar-refractivity contribution < 1.29 is 19.1 Å². The third-order valence-electron chi connectivity index (χ3n) is 2.89. The second-order valence-corrected chi connectivity index (χ2v) is 4.52. The normalized spacial score (nSPS) is 10.0. The highest BCUT2D eigenvalue weighted by Crippen LogP contribution is 2.16. The Hall–Kier alpha value is -3.16. The summed E-state index contributed by atoms with van der Waals surface area (Å²) in [6.07, 6.45) is 0. The van der Waals surface area contributed by atoms with Gasteiger partial charge in [0, 0.05) is 18.8 Å². The summed E-state index contributed by atoms with van der Waals surface area (Å²) in [5.41, 5.74) is 0.350. The molecular formula is C15H15N3O5. The number of carbonyl (C=O) groups excluding carboxylic acids is 2. The van der Waals surface area contributed by atoms with E-state index in [2.05, 4.69) is 15.2 Å². The van der Waals surface area contributed by atoms with Crippen molar-refractivity contribution in [3.8, 4) is 5.75 Å². The van der Waals surface area contributed by atoms with Crippen LogP contribution in [0.5, 0.6) is 5.75 Å². The topological polar surface area (TPSA) is 99.5 Å². The van der Waals surface area contributed by atoms with Gasteiger partial charge in [-0.2, -0.15) is 5.10 Å². The molecule has 0 aliphatic carbocycles. The summed E-state index contributed by atoms with van der Waals surface area (Å²) >= 11 is 0. The first-order chi connectivity index (χ1) is 11.0. The number of hydrogen-bond donors (Lipinski definition) is 1. The zero-order valence-electron chi connectivity index (χ0n) is 12.6. The molecule has 1 aromatic heterocycles. The number of benzene rings is 1. The highest BCUT2D eigenvalue weighted by molar-refractivity contribution is 6.02. The molecule has 8 heteroatoms. The molecule has 1 N–H and O–H groups in total. The zero-order valence-corrected chi connectivity index (χ0v) is 12.6. The molecular weight excluding hydrogens is 302 g/mol. The third-order valence-corrected chi connectivity index (χ3v) is 2.89. The minimum Gasteiger partial charge on any atom is -0.482 e. The third kappa shape index (κ3) is 4.40. The van der Waals surface area contributed by atoms with Crippen LogP contribution in [0.2, 0.25) is 0 Å². The summed E-state index contributed by atoms with van der Waals surface area (Å²) in [4.78, 5) is 34.2. The number of aromatic nitrogens is 2. The van der Waals surface area contributed by atoms with Crippen molar-refractivity contribution in [3.63, 3.8) is 0 Å². The van der Waals surface area contributed by atoms with Gasteiger partial charge in [0.2, 0.25) is 0 Å². The highest BCUT2D eigenvalue weighted by Gasteiger charge is 2.09. The second-order valence-electron chi connectivity index (χ2n) is 4.52. The Morgan fingerprint density at radius 2 is 1.87 bits per heavy atom. The largest absolute Gasteiger partial charge is 0.482 e. The lowest BCUT2D eigenvalue weighted by Crippen LogP contribution is -2.23. The van der Waals surface area contributed by atoms with Crippen molar-refractivity contribution in [3.05, 3.63) is 52.4 Å². The molecule has 1 amide bonds. The van der Waals surface area contributed by atoms with Gasteiger partial charge in [-0.05, 0) is 30.3 Å². The van der Waals surface area contributed by atoms with Crippen molar-refractivity contribution >= 4 is 17.6 Å². The standard InChI is InChI=1S/C15H15N3O5/c1-18-13(19)8-7-12(17-18)15(21)16-10-3-5-11(6-4-10)23-9-14(20)22-2/h3-8H,9H2,1-2H3,(H,16,21). The van der Waals surface area contributed by atoms with Crippen molar-refractivity contribution in [2.24, 2.45) is 7.05 Å². The summed E-state index contributed by atoms with van der Waals surface area (Å²) in [5.74, 6) is -0.458. The number of hydrogen-bond acceptors (Lipinski definition) is 6. The maximum absolute atomic E-state index is 12.0. The summed E-state index contributed by atoms with van der Waals surface area (Å²) in [6.45, 7) is -0.190. The predicted octanol–water partition coefficient (Wildman–Crippen LogP) is 0.584. The van der Waals surface area contributed by atoms with Gasteiger partial charge in [-0.25, -0.2) is 9.48 Å². The van der Waals surface area contributed by atoms with E-state index in [-0.39, 0.29) is 17.9 Å². The van der Waals surface area contributed by atoms with Gasteiger partial charge in [-0.1, -0.05) is 0 Å². The van der Waals surface area contributed by atoms with Crippen molar-refractivity contribution in [2.45, 2.75) is 0 Å². The van der Waals surface area contributed by atoms with Gasteiger partial charge in [0.05, 0.1) is 7.11 Å². The van der Waals surface area contributed by atoms with Crippen LogP contribution in [0.1, 0.15) is 10.5 Å². The Labute approximate surface area is 131 Å². The number of anilines is 1. The first-order valence-electron chi connectivity index (χ1n) is 6.65. The van der Waals surface area contributed by atoms with Gasteiger partial charge in [-0.15, -0.1) is 0 Å². The molecule has 0 spiro atoms. The fourth-order valence-electron chi connectivity index (χ4n) is 1.65. The van der Waals surface area contributed by atoms with Crippen LogP contribution in [0, 0.1) is 0 Å². The number of amides is 1. The smallest absolute Gasteiger partial charge is 0.343 e. The van der Waals surface area contributed by atoms with E-state index in [0.717, 1.165) is 4.68 Å². The van der Waals surface area contributed by atoms with Gasteiger partial charge in [0.25, 0.3) is 11.5 Å². The van der Waals surface area contributed by atoms with Crippen LogP contribution in [-0.2, 0) is 16.6 Å². The minimum absolute atomic E-state index is 0.123. The van der Waals surface area contributed by atoms with Crippen LogP contribution in [0.4, 0.5) is 5.69 Å². The molecule has 0 saturated carbocycles. The van der Waals surface area contributed by atoms with E-state index in [4.69, 9.17) is 4.74 Å². The number of rotatable bonds is 5. The minimum atomic E-state index is -0.483. The number of nitrogens with zero attached hydrogens (tertiary/aromatic N) is 2. The molecule has 2 rings (SSSR count). The van der Waals surface area contributed by atoms with Crippen molar-refractivity contribution in [1.82, 2.24) is 9.78 Å². The Morgan fingerprint density at radius 1 is 1.17 bits per heavy atom. The summed E-state index contributed by atoms with van der Waals surface area (Å²) in [5, 5.41) is 6.50. The van der Waals surface area contributed by atoms with Crippen LogP contribution in [0.15, 0.2) is 41.2 Å². The Bertz CT molecular complexity index is 767. The van der Waals surface area contributed by atoms with Crippen LogP contribution >= 0.6 is 0 Å². The quantitative estimate of drug-likeness (QED) is 0.810. The van der Waals surface area contributed by atoms with Crippen molar-refractivity contribution in [2.75, 3.05) is 19.0 Å². The van der Waals surface area contributed by atoms with E-state index in [1.165, 1.54) is 26.3 Å². The molecule has 0 aliphatic heterocycles. The number of ether oxygens (including phenoxy) is 2. The van der Waals surface area contributed by atoms with E-state index in [0.29, 0.717) is 11.4 Å². The number of nitrogens with one attached hydrogen (secondary N) is 1. The van der Waals surface area contributed by atoms with Gasteiger partial charge in [-0.3, -0.25) is 9.59 Å². The Kier molecular flexibility index (Phi) is 5.08. The molecule has 1 heterocycles. The fraction of sp³-hybridized carbons (Fsp3) is 0.200. The number of esters is 1. The maximum atomic E-state index is 12.0. The molecule has 0 unspecified atom stereocenters. The van der Waals surface area contributed by atoms with Crippen LogP contribution < -0.4 is 15.6 Å². The first kappa shape index (κ1) is 16.2. The van der Waals surface area contributed by atoms with E-state index >= 15 is 0 Å². The average molecular weight is 317 g/mol. The number of carbonyl (C=O) groups is 2. The lowest BCUT2D eigenvalue weighted by molar-refractivity contribution is -0.142. The lowest BCUT2D eigenvalue weighted by atomic mass is 10.3. The SMILES string of the molecule is COC(=O)COc1ccc(NC(=O)c2ccc(=O)n(C)n2)cc1. The fourth-order valence-corrected chi connectivity index (χ4v) is 1.65. The maximum Gasteiger partial charge on any atom is 0.343 e.